The molecule has 1 aliphatic heterocycles. The Morgan fingerprint density at radius 2 is 1.79 bits per heavy atom. The lowest BCUT2D eigenvalue weighted by atomic mass is 10.1. The minimum atomic E-state index is -0.319. The summed E-state index contributed by atoms with van der Waals surface area (Å²) in [5, 5.41) is 0. The van der Waals surface area contributed by atoms with Crippen LogP contribution in [0.15, 0.2) is 70.4 Å². The van der Waals surface area contributed by atoms with Crippen LogP contribution in [0.25, 0.3) is 0 Å². The van der Waals surface area contributed by atoms with E-state index in [1.165, 1.54) is 5.56 Å². The Morgan fingerprint density at radius 3 is 2.59 bits per heavy atom. The van der Waals surface area contributed by atoms with E-state index >= 15 is 0 Å². The van der Waals surface area contributed by atoms with Gasteiger partial charge in [0, 0.05) is 24.8 Å². The highest BCUT2D eigenvalue weighted by molar-refractivity contribution is 5.33. The Kier molecular flexibility index (Phi) is 5.62. The molecule has 0 unspecified atom stereocenters. The predicted molar refractivity (Wildman–Crippen MR) is 113 cm³/mol. The summed E-state index contributed by atoms with van der Waals surface area (Å²) in [6.45, 7) is 4.38. The number of rotatable bonds is 7. The zero-order chi connectivity index (χ0) is 20.2. The van der Waals surface area contributed by atoms with E-state index in [1.54, 1.807) is 17.7 Å². The number of ether oxygens (including phenoxy) is 1. The van der Waals surface area contributed by atoms with Crippen LogP contribution in [-0.2, 0) is 6.42 Å². The van der Waals surface area contributed by atoms with Crippen LogP contribution in [-0.4, -0.2) is 34.1 Å². The minimum absolute atomic E-state index is 0.139. The normalized spacial score (nSPS) is 14.5. The maximum absolute atomic E-state index is 12.0. The first kappa shape index (κ1) is 19.2. The summed E-state index contributed by atoms with van der Waals surface area (Å²) in [7, 11) is 0. The Bertz CT molecular complexity index is 1080. The molecular weight excluding hydrogens is 366 g/mol. The van der Waals surface area contributed by atoms with Crippen LogP contribution in [0.5, 0.6) is 11.5 Å². The summed E-state index contributed by atoms with van der Waals surface area (Å²) >= 11 is 0. The molecular formula is C23H25N3O3. The van der Waals surface area contributed by atoms with Gasteiger partial charge in [-0.3, -0.25) is 19.2 Å². The molecule has 6 heteroatoms. The van der Waals surface area contributed by atoms with Gasteiger partial charge >= 0.3 is 5.69 Å². The highest BCUT2D eigenvalue weighted by Gasteiger charge is 2.28. The number of aromatic amines is 1. The quantitative estimate of drug-likeness (QED) is 0.672. The van der Waals surface area contributed by atoms with Gasteiger partial charge in [-0.2, -0.15) is 0 Å². The maximum atomic E-state index is 12.0. The van der Waals surface area contributed by atoms with Gasteiger partial charge in [0.25, 0.3) is 5.56 Å². The fraction of sp³-hybridized carbons (Fsp3) is 0.304. The van der Waals surface area contributed by atoms with Crippen LogP contribution < -0.4 is 16.0 Å². The van der Waals surface area contributed by atoms with Gasteiger partial charge < -0.3 is 4.74 Å². The highest BCUT2D eigenvalue weighted by Crippen LogP contribution is 2.23. The molecule has 0 radical (unpaired) electrons. The van der Waals surface area contributed by atoms with Crippen LogP contribution in [0, 0.1) is 6.92 Å². The SMILES string of the molecule is Cc1cn(C2CN(CCCc3cccc(Oc4ccccc4)c3)C2)c(=O)[nH]c1=O. The number of benzene rings is 2. The van der Waals surface area contributed by atoms with E-state index in [4.69, 9.17) is 4.74 Å². The van der Waals surface area contributed by atoms with Crippen molar-refractivity contribution in [3.8, 4) is 11.5 Å². The van der Waals surface area contributed by atoms with Crippen molar-refractivity contribution in [2.24, 2.45) is 0 Å². The summed E-state index contributed by atoms with van der Waals surface area (Å²) in [4.78, 5) is 28.2. The molecule has 1 aliphatic rings. The number of H-pyrrole nitrogens is 1. The number of hydrogen-bond acceptors (Lipinski definition) is 4. The van der Waals surface area contributed by atoms with Gasteiger partial charge in [0.15, 0.2) is 0 Å². The molecule has 2 heterocycles. The summed E-state index contributed by atoms with van der Waals surface area (Å²) < 4.78 is 7.55. The van der Waals surface area contributed by atoms with Crippen molar-refractivity contribution < 1.29 is 4.74 Å². The third-order valence-corrected chi connectivity index (χ3v) is 5.29. The zero-order valence-electron chi connectivity index (χ0n) is 16.5. The van der Waals surface area contributed by atoms with Gasteiger partial charge in [0.2, 0.25) is 0 Å². The topological polar surface area (TPSA) is 67.3 Å². The van der Waals surface area contributed by atoms with Crippen molar-refractivity contribution in [3.05, 3.63) is 92.8 Å². The largest absolute Gasteiger partial charge is 0.457 e. The van der Waals surface area contributed by atoms with E-state index < -0.39 is 0 Å². The van der Waals surface area contributed by atoms with Crippen LogP contribution in [0.4, 0.5) is 0 Å². The Labute approximate surface area is 169 Å². The molecule has 0 amide bonds. The van der Waals surface area contributed by atoms with Crippen LogP contribution in [0.3, 0.4) is 0 Å². The molecule has 1 N–H and O–H groups in total. The number of nitrogens with one attached hydrogen (secondary N) is 1. The molecule has 1 fully saturated rings. The van der Waals surface area contributed by atoms with E-state index in [-0.39, 0.29) is 17.3 Å². The molecule has 4 rings (SSSR count). The first-order valence-corrected chi connectivity index (χ1v) is 9.95. The molecule has 0 spiro atoms. The van der Waals surface area contributed by atoms with Gasteiger partial charge in [0.05, 0.1) is 6.04 Å². The van der Waals surface area contributed by atoms with Crippen molar-refractivity contribution in [2.75, 3.05) is 19.6 Å². The number of nitrogens with zero attached hydrogens (tertiary/aromatic N) is 2. The molecule has 2 aromatic carbocycles. The molecule has 1 aromatic heterocycles. The molecule has 150 valence electrons. The monoisotopic (exact) mass is 391 g/mol. The van der Waals surface area contributed by atoms with E-state index in [9.17, 15) is 9.59 Å². The number of para-hydroxylation sites is 1. The van der Waals surface area contributed by atoms with Gasteiger partial charge in [-0.05, 0) is 56.1 Å². The fourth-order valence-electron chi connectivity index (χ4n) is 3.65. The van der Waals surface area contributed by atoms with Gasteiger partial charge in [-0.15, -0.1) is 0 Å². The Hall–Kier alpha value is -3.12. The van der Waals surface area contributed by atoms with E-state index in [1.807, 2.05) is 42.5 Å². The van der Waals surface area contributed by atoms with Crippen molar-refractivity contribution in [1.29, 1.82) is 0 Å². The second-order valence-electron chi connectivity index (χ2n) is 7.56. The lowest BCUT2D eigenvalue weighted by Gasteiger charge is -2.40. The average molecular weight is 391 g/mol. The summed E-state index contributed by atoms with van der Waals surface area (Å²) in [5.41, 5.74) is 1.20. The molecule has 0 saturated carbocycles. The molecule has 0 bridgehead atoms. The van der Waals surface area contributed by atoms with Crippen LogP contribution in [0.1, 0.15) is 23.6 Å². The standard InChI is InChI=1S/C23H25N3O3/c1-17-14-26(23(28)24-22(17)27)19-15-25(16-19)12-6-8-18-7-5-11-21(13-18)29-20-9-3-2-4-10-20/h2-5,7,9-11,13-14,19H,6,8,12,15-16H2,1H3,(H,24,27,28). The Morgan fingerprint density at radius 1 is 1.03 bits per heavy atom. The van der Waals surface area contributed by atoms with Gasteiger partial charge in [-0.1, -0.05) is 30.3 Å². The van der Waals surface area contributed by atoms with E-state index in [2.05, 4.69) is 22.0 Å². The zero-order valence-corrected chi connectivity index (χ0v) is 16.5. The number of aromatic nitrogens is 2. The minimum Gasteiger partial charge on any atom is -0.457 e. The van der Waals surface area contributed by atoms with Crippen molar-refractivity contribution >= 4 is 0 Å². The summed E-state index contributed by atoms with van der Waals surface area (Å²) in [5.74, 6) is 1.69. The average Bonchev–Trinajstić information content (AvgIpc) is 2.68. The molecule has 0 aliphatic carbocycles. The third-order valence-electron chi connectivity index (χ3n) is 5.29. The molecule has 29 heavy (non-hydrogen) atoms. The van der Waals surface area contributed by atoms with Crippen molar-refractivity contribution in [1.82, 2.24) is 14.5 Å². The highest BCUT2D eigenvalue weighted by atomic mass is 16.5. The predicted octanol–water partition coefficient (Wildman–Crippen LogP) is 3.13. The lowest BCUT2D eigenvalue weighted by Crippen LogP contribution is -2.51. The molecule has 0 atom stereocenters. The fourth-order valence-corrected chi connectivity index (χ4v) is 3.65. The lowest BCUT2D eigenvalue weighted by molar-refractivity contribution is 0.102. The summed E-state index contributed by atoms with van der Waals surface area (Å²) in [6, 6.07) is 18.1. The maximum Gasteiger partial charge on any atom is 0.328 e. The first-order valence-electron chi connectivity index (χ1n) is 9.95. The smallest absolute Gasteiger partial charge is 0.328 e. The van der Waals surface area contributed by atoms with Gasteiger partial charge in [-0.25, -0.2) is 4.79 Å². The van der Waals surface area contributed by atoms with Gasteiger partial charge in [0.1, 0.15) is 11.5 Å². The summed E-state index contributed by atoms with van der Waals surface area (Å²) in [6.07, 6.45) is 3.69. The second-order valence-corrected chi connectivity index (χ2v) is 7.56. The molecule has 3 aromatic rings. The molecule has 6 nitrogen and oxygen atoms in total. The van der Waals surface area contributed by atoms with Crippen molar-refractivity contribution in [2.45, 2.75) is 25.8 Å². The molecule has 1 saturated heterocycles. The van der Waals surface area contributed by atoms with E-state index in [0.717, 1.165) is 44.0 Å². The second kappa shape index (κ2) is 8.49. The number of likely N-dealkylation sites (tertiary alicyclic amines) is 1. The third kappa shape index (κ3) is 4.66. The first-order chi connectivity index (χ1) is 14.1. The Balaban J connectivity index is 1.26. The number of aryl methyl sites for hydroxylation is 2. The van der Waals surface area contributed by atoms with E-state index in [0.29, 0.717) is 5.56 Å². The number of hydrogen-bond donors (Lipinski definition) is 1. The van der Waals surface area contributed by atoms with Crippen LogP contribution in [0.2, 0.25) is 0 Å². The van der Waals surface area contributed by atoms with Crippen molar-refractivity contribution in [3.63, 3.8) is 0 Å². The van der Waals surface area contributed by atoms with Crippen LogP contribution >= 0.6 is 0 Å².